The molecule has 7 rings (SSSR count). The van der Waals surface area contributed by atoms with Gasteiger partial charge in [0.2, 0.25) is 0 Å². The summed E-state index contributed by atoms with van der Waals surface area (Å²) in [5.41, 5.74) is 6.15. The maximum Gasteiger partial charge on any atom is 0.155 e. The van der Waals surface area contributed by atoms with E-state index in [9.17, 15) is 0 Å². The second-order valence-electron chi connectivity index (χ2n) is 6.91. The first-order chi connectivity index (χ1) is 12.9. The average molecular weight is 332 g/mol. The van der Waals surface area contributed by atoms with E-state index < -0.39 is 0 Å². The van der Waals surface area contributed by atoms with Crippen LogP contribution in [-0.4, -0.2) is 9.38 Å². The quantitative estimate of drug-likeness (QED) is 0.247. The van der Waals surface area contributed by atoms with Crippen molar-refractivity contribution in [2.75, 3.05) is 0 Å². The molecule has 0 saturated heterocycles. The lowest BCUT2D eigenvalue weighted by Crippen LogP contribution is -1.96. The van der Waals surface area contributed by atoms with Crippen LogP contribution in [0.1, 0.15) is 0 Å². The molecule has 0 bridgehead atoms. The number of hydrogen-bond acceptors (Lipinski definition) is 2. The zero-order valence-electron chi connectivity index (χ0n) is 13.7. The Morgan fingerprint density at radius 2 is 1.46 bits per heavy atom. The summed E-state index contributed by atoms with van der Waals surface area (Å²) in [5.74, 6) is 0. The first-order valence-electron chi connectivity index (χ1n) is 8.74. The van der Waals surface area contributed by atoms with Gasteiger partial charge in [-0.1, -0.05) is 36.4 Å². The molecule has 4 heterocycles. The number of hydrogen-bond donors (Lipinski definition) is 0. The minimum absolute atomic E-state index is 0.867. The maximum atomic E-state index is 6.22. The van der Waals surface area contributed by atoms with Crippen LogP contribution in [0, 0.1) is 0 Å². The second kappa shape index (κ2) is 4.14. The van der Waals surface area contributed by atoms with Crippen LogP contribution < -0.4 is 0 Å². The Morgan fingerprint density at radius 1 is 0.692 bits per heavy atom. The van der Waals surface area contributed by atoms with Gasteiger partial charge in [-0.25, -0.2) is 0 Å². The lowest BCUT2D eigenvalue weighted by Gasteiger charge is -2.13. The summed E-state index contributed by atoms with van der Waals surface area (Å²) in [7, 11) is 0. The number of benzene rings is 3. The highest BCUT2D eigenvalue weighted by atomic mass is 16.3. The smallest absolute Gasteiger partial charge is 0.155 e. The fourth-order valence-electron chi connectivity index (χ4n) is 4.44. The molecule has 0 saturated carbocycles. The van der Waals surface area contributed by atoms with E-state index in [4.69, 9.17) is 9.40 Å². The number of fused-ring (bicyclic) bond motifs is 4. The molecule has 0 spiro atoms. The minimum Gasteiger partial charge on any atom is -0.453 e. The Morgan fingerprint density at radius 3 is 2.35 bits per heavy atom. The van der Waals surface area contributed by atoms with Crippen molar-refractivity contribution in [1.82, 2.24) is 9.38 Å². The van der Waals surface area contributed by atoms with Crippen molar-refractivity contribution in [1.29, 1.82) is 0 Å². The minimum atomic E-state index is 0.867. The lowest BCUT2D eigenvalue weighted by atomic mass is 10.0. The van der Waals surface area contributed by atoms with Gasteiger partial charge in [-0.05, 0) is 35.0 Å². The molecule has 0 aliphatic heterocycles. The van der Waals surface area contributed by atoms with E-state index in [0.717, 1.165) is 27.7 Å². The van der Waals surface area contributed by atoms with E-state index in [2.05, 4.69) is 59.0 Å². The lowest BCUT2D eigenvalue weighted by molar-refractivity contribution is 0.656. The Kier molecular flexibility index (Phi) is 2.03. The van der Waals surface area contributed by atoms with Gasteiger partial charge in [0.1, 0.15) is 5.52 Å². The zero-order valence-corrected chi connectivity index (χ0v) is 13.7. The molecule has 0 amide bonds. The van der Waals surface area contributed by atoms with Crippen LogP contribution in [0.4, 0.5) is 0 Å². The molecule has 3 heteroatoms. The first-order valence-corrected chi connectivity index (χ1v) is 8.74. The number of para-hydroxylation sites is 1. The number of nitrogens with zero attached hydrogens (tertiary/aromatic N) is 2. The topological polar surface area (TPSA) is 30.4 Å². The van der Waals surface area contributed by atoms with Crippen LogP contribution in [0.5, 0.6) is 0 Å². The van der Waals surface area contributed by atoms with E-state index in [1.165, 1.54) is 32.4 Å². The van der Waals surface area contributed by atoms with Gasteiger partial charge in [0.25, 0.3) is 0 Å². The third-order valence-corrected chi connectivity index (χ3v) is 5.53. The van der Waals surface area contributed by atoms with E-state index in [-0.39, 0.29) is 0 Å². The van der Waals surface area contributed by atoms with E-state index >= 15 is 0 Å². The largest absolute Gasteiger partial charge is 0.453 e. The van der Waals surface area contributed by atoms with Crippen LogP contribution in [0.15, 0.2) is 77.3 Å². The molecule has 0 N–H and O–H groups in total. The van der Waals surface area contributed by atoms with Crippen LogP contribution in [0.3, 0.4) is 0 Å². The van der Waals surface area contributed by atoms with Crippen molar-refractivity contribution in [2.45, 2.75) is 0 Å². The van der Waals surface area contributed by atoms with Crippen molar-refractivity contribution in [3.8, 4) is 0 Å². The molecule has 7 aromatic rings. The van der Waals surface area contributed by atoms with Crippen LogP contribution >= 0.6 is 0 Å². The van der Waals surface area contributed by atoms with Gasteiger partial charge in [0, 0.05) is 28.4 Å². The van der Waals surface area contributed by atoms with E-state index in [1.807, 2.05) is 18.3 Å². The third-order valence-electron chi connectivity index (χ3n) is 5.53. The Bertz CT molecular complexity index is 1630. The molecule has 0 radical (unpaired) electrons. The summed E-state index contributed by atoms with van der Waals surface area (Å²) in [6, 6.07) is 23.5. The molecule has 0 unspecified atom stereocenters. The molecule has 3 aromatic carbocycles. The predicted molar refractivity (Wildman–Crippen MR) is 106 cm³/mol. The van der Waals surface area contributed by atoms with E-state index in [0.29, 0.717) is 0 Å². The average Bonchev–Trinajstić information content (AvgIpc) is 3.08. The highest BCUT2D eigenvalue weighted by Crippen LogP contribution is 2.39. The Hall–Kier alpha value is -3.59. The van der Waals surface area contributed by atoms with Crippen molar-refractivity contribution in [3.05, 3.63) is 72.9 Å². The van der Waals surface area contributed by atoms with Gasteiger partial charge in [-0.15, -0.1) is 0 Å². The van der Waals surface area contributed by atoms with Gasteiger partial charge in [0.15, 0.2) is 11.2 Å². The molecule has 26 heavy (non-hydrogen) atoms. The molecule has 120 valence electrons. The molecule has 3 nitrogen and oxygen atoms in total. The molecular formula is C23H12N2O. The Balaban J connectivity index is 1.94. The highest BCUT2D eigenvalue weighted by molar-refractivity contribution is 6.21. The zero-order chi connectivity index (χ0) is 16.8. The molecule has 0 atom stereocenters. The summed E-state index contributed by atoms with van der Waals surface area (Å²) in [6.45, 7) is 0. The highest BCUT2D eigenvalue weighted by Gasteiger charge is 2.19. The number of aromatic nitrogens is 2. The fourth-order valence-corrected chi connectivity index (χ4v) is 4.44. The van der Waals surface area contributed by atoms with Crippen LogP contribution in [0.2, 0.25) is 0 Å². The van der Waals surface area contributed by atoms with Gasteiger partial charge in [0.05, 0.1) is 16.6 Å². The molecule has 0 fully saturated rings. The molecular weight excluding hydrogens is 320 g/mol. The molecule has 0 aliphatic rings. The van der Waals surface area contributed by atoms with E-state index in [1.54, 1.807) is 0 Å². The predicted octanol–water partition coefficient (Wildman–Crippen LogP) is 6.13. The monoisotopic (exact) mass is 332 g/mol. The van der Waals surface area contributed by atoms with Gasteiger partial charge >= 0.3 is 0 Å². The Labute approximate surface area is 147 Å². The summed E-state index contributed by atoms with van der Waals surface area (Å²) < 4.78 is 8.54. The fraction of sp³-hybridized carbons (Fsp3) is 0. The van der Waals surface area contributed by atoms with Crippen molar-refractivity contribution in [2.24, 2.45) is 0 Å². The summed E-state index contributed by atoms with van der Waals surface area (Å²) in [5, 5.41) is 6.07. The summed E-state index contributed by atoms with van der Waals surface area (Å²) in [6.07, 6.45) is 1.84. The van der Waals surface area contributed by atoms with Gasteiger partial charge in [-0.3, -0.25) is 4.98 Å². The molecule has 0 aliphatic carbocycles. The molecule has 4 aromatic heterocycles. The standard InChI is InChI=1S/C23H12N2O/c1-2-5-14-11-17-16(10-13(14)4-1)18-12-15-6-3-7-19-22(15)25(18)23-20(26-19)8-9-24-21(17)23/h1-12H. The van der Waals surface area contributed by atoms with Crippen LogP contribution in [0.25, 0.3) is 60.2 Å². The number of pyridine rings is 2. The maximum absolute atomic E-state index is 6.22. The van der Waals surface area contributed by atoms with Crippen molar-refractivity contribution >= 4 is 60.2 Å². The third kappa shape index (κ3) is 1.35. The SMILES string of the molecule is c1ccc2cc3c(cc2c1)c1nccc2oc4cccc5cc3n(c54)c21. The normalized spacial score (nSPS) is 12.6. The van der Waals surface area contributed by atoms with Crippen molar-refractivity contribution in [3.63, 3.8) is 0 Å². The summed E-state index contributed by atoms with van der Waals surface area (Å²) in [4.78, 5) is 4.74. The van der Waals surface area contributed by atoms with Gasteiger partial charge < -0.3 is 8.82 Å². The second-order valence-corrected chi connectivity index (χ2v) is 6.91. The van der Waals surface area contributed by atoms with Crippen molar-refractivity contribution < 1.29 is 4.42 Å². The van der Waals surface area contributed by atoms with Gasteiger partial charge in [-0.2, -0.15) is 0 Å². The number of rotatable bonds is 0. The van der Waals surface area contributed by atoms with Crippen LogP contribution in [-0.2, 0) is 0 Å². The first kappa shape index (κ1) is 12.7. The summed E-state index contributed by atoms with van der Waals surface area (Å²) >= 11 is 0.